The van der Waals surface area contributed by atoms with Gasteiger partial charge in [-0.05, 0) is 38.4 Å². The van der Waals surface area contributed by atoms with Crippen LogP contribution in [-0.4, -0.2) is 19.6 Å². The van der Waals surface area contributed by atoms with E-state index in [-0.39, 0.29) is 0 Å². The Morgan fingerprint density at radius 2 is 1.71 bits per heavy atom. The molecule has 0 fully saturated rings. The summed E-state index contributed by atoms with van der Waals surface area (Å²) in [4.78, 5) is 2.43. The minimum Gasteiger partial charge on any atom is -0.372 e. The Bertz CT molecular complexity index is 318. The van der Waals surface area contributed by atoms with Gasteiger partial charge in [0.05, 0.1) is 0 Å². The van der Waals surface area contributed by atoms with Gasteiger partial charge < -0.3 is 10.2 Å². The van der Waals surface area contributed by atoms with E-state index in [4.69, 9.17) is 0 Å². The number of hydrogen-bond donors (Lipinski definition) is 1. The standard InChI is InChI=1S/C15H26N2/c1-5-14(16-6-2)13-11-9-10-12-15(13)17(7-3)8-4/h9-12,14,16H,5-8H2,1-4H3. The third-order valence-electron chi connectivity index (χ3n) is 3.28. The molecule has 1 aromatic carbocycles. The summed E-state index contributed by atoms with van der Waals surface area (Å²) in [5.74, 6) is 0. The van der Waals surface area contributed by atoms with Crippen molar-refractivity contribution in [1.29, 1.82) is 0 Å². The van der Waals surface area contributed by atoms with Gasteiger partial charge in [-0.15, -0.1) is 0 Å². The Morgan fingerprint density at radius 1 is 1.06 bits per heavy atom. The lowest BCUT2D eigenvalue weighted by molar-refractivity contribution is 0.536. The normalized spacial score (nSPS) is 12.5. The number of nitrogens with one attached hydrogen (secondary N) is 1. The summed E-state index contributed by atoms with van der Waals surface area (Å²) in [6, 6.07) is 9.24. The highest BCUT2D eigenvalue weighted by Gasteiger charge is 2.14. The van der Waals surface area contributed by atoms with Crippen LogP contribution in [0.4, 0.5) is 5.69 Å². The average Bonchev–Trinajstić information content (AvgIpc) is 2.38. The largest absolute Gasteiger partial charge is 0.372 e. The molecule has 1 atom stereocenters. The average molecular weight is 234 g/mol. The second-order valence-corrected chi connectivity index (χ2v) is 4.25. The highest BCUT2D eigenvalue weighted by atomic mass is 15.1. The first-order valence-corrected chi connectivity index (χ1v) is 6.85. The molecular formula is C15H26N2. The Balaban J connectivity index is 3.04. The maximum Gasteiger partial charge on any atom is 0.0414 e. The lowest BCUT2D eigenvalue weighted by Crippen LogP contribution is -2.27. The van der Waals surface area contributed by atoms with Crippen LogP contribution in [0.3, 0.4) is 0 Å². The number of rotatable bonds is 7. The molecule has 1 aromatic rings. The maximum absolute atomic E-state index is 3.57. The van der Waals surface area contributed by atoms with E-state index in [1.54, 1.807) is 0 Å². The second-order valence-electron chi connectivity index (χ2n) is 4.25. The van der Waals surface area contributed by atoms with Crippen LogP contribution in [0.15, 0.2) is 24.3 Å². The second kappa shape index (κ2) is 7.33. The monoisotopic (exact) mass is 234 g/mol. The van der Waals surface area contributed by atoms with E-state index in [1.807, 2.05) is 0 Å². The van der Waals surface area contributed by atoms with Crippen LogP contribution in [0.5, 0.6) is 0 Å². The van der Waals surface area contributed by atoms with E-state index < -0.39 is 0 Å². The molecule has 1 rings (SSSR count). The molecule has 1 unspecified atom stereocenters. The molecule has 2 nitrogen and oxygen atoms in total. The SMILES string of the molecule is CCNC(CC)c1ccccc1N(CC)CC. The topological polar surface area (TPSA) is 15.3 Å². The van der Waals surface area contributed by atoms with Crippen molar-refractivity contribution in [3.8, 4) is 0 Å². The van der Waals surface area contributed by atoms with Crippen molar-refractivity contribution >= 4 is 5.69 Å². The third-order valence-corrected chi connectivity index (χ3v) is 3.28. The molecule has 1 N–H and O–H groups in total. The van der Waals surface area contributed by atoms with Gasteiger partial charge in [0, 0.05) is 24.8 Å². The number of hydrogen-bond acceptors (Lipinski definition) is 2. The van der Waals surface area contributed by atoms with Crippen molar-refractivity contribution in [2.24, 2.45) is 0 Å². The third kappa shape index (κ3) is 3.47. The van der Waals surface area contributed by atoms with E-state index in [2.05, 4.69) is 62.2 Å². The molecule has 0 aliphatic rings. The molecule has 0 saturated carbocycles. The van der Waals surface area contributed by atoms with Crippen LogP contribution >= 0.6 is 0 Å². The number of para-hydroxylation sites is 1. The number of benzene rings is 1. The zero-order valence-electron chi connectivity index (χ0n) is 11.7. The van der Waals surface area contributed by atoms with E-state index in [0.717, 1.165) is 26.1 Å². The van der Waals surface area contributed by atoms with E-state index in [0.29, 0.717) is 6.04 Å². The predicted octanol–water partition coefficient (Wildman–Crippen LogP) is 3.59. The first-order chi connectivity index (χ1) is 8.28. The highest BCUT2D eigenvalue weighted by Crippen LogP contribution is 2.27. The van der Waals surface area contributed by atoms with Gasteiger partial charge in [0.15, 0.2) is 0 Å². The minimum atomic E-state index is 0.469. The van der Waals surface area contributed by atoms with Gasteiger partial charge >= 0.3 is 0 Å². The molecule has 0 saturated heterocycles. The summed E-state index contributed by atoms with van der Waals surface area (Å²) < 4.78 is 0. The molecule has 0 aliphatic heterocycles. The smallest absolute Gasteiger partial charge is 0.0414 e. The molecule has 17 heavy (non-hydrogen) atoms. The van der Waals surface area contributed by atoms with Crippen molar-refractivity contribution < 1.29 is 0 Å². The highest BCUT2D eigenvalue weighted by molar-refractivity contribution is 5.54. The van der Waals surface area contributed by atoms with Crippen molar-refractivity contribution in [2.45, 2.75) is 40.2 Å². The molecule has 0 bridgehead atoms. The number of anilines is 1. The maximum atomic E-state index is 3.57. The molecule has 0 radical (unpaired) electrons. The summed E-state index contributed by atoms with van der Waals surface area (Å²) >= 11 is 0. The molecule has 0 aliphatic carbocycles. The zero-order valence-corrected chi connectivity index (χ0v) is 11.7. The summed E-state index contributed by atoms with van der Waals surface area (Å²) in [6.07, 6.45) is 1.13. The van der Waals surface area contributed by atoms with Crippen molar-refractivity contribution in [3.05, 3.63) is 29.8 Å². The molecular weight excluding hydrogens is 208 g/mol. The Morgan fingerprint density at radius 3 is 2.24 bits per heavy atom. The van der Waals surface area contributed by atoms with Gasteiger partial charge in [-0.3, -0.25) is 0 Å². The van der Waals surface area contributed by atoms with Crippen LogP contribution in [0, 0.1) is 0 Å². The number of nitrogens with zero attached hydrogens (tertiary/aromatic N) is 1. The van der Waals surface area contributed by atoms with Crippen LogP contribution in [0.2, 0.25) is 0 Å². The van der Waals surface area contributed by atoms with Crippen LogP contribution in [0.25, 0.3) is 0 Å². The van der Waals surface area contributed by atoms with Crippen LogP contribution in [-0.2, 0) is 0 Å². The fraction of sp³-hybridized carbons (Fsp3) is 0.600. The van der Waals surface area contributed by atoms with Gasteiger partial charge in [0.25, 0.3) is 0 Å². The van der Waals surface area contributed by atoms with Crippen LogP contribution in [0.1, 0.15) is 45.7 Å². The molecule has 0 heterocycles. The van der Waals surface area contributed by atoms with Crippen LogP contribution < -0.4 is 10.2 Å². The molecule has 96 valence electrons. The molecule has 2 heteroatoms. The first-order valence-electron chi connectivity index (χ1n) is 6.85. The van der Waals surface area contributed by atoms with Gasteiger partial charge in [0.1, 0.15) is 0 Å². The fourth-order valence-corrected chi connectivity index (χ4v) is 2.36. The minimum absolute atomic E-state index is 0.469. The lowest BCUT2D eigenvalue weighted by atomic mass is 10.0. The Labute approximate surface area is 106 Å². The Hall–Kier alpha value is -1.02. The van der Waals surface area contributed by atoms with Gasteiger partial charge in [-0.1, -0.05) is 32.0 Å². The molecule has 0 amide bonds. The van der Waals surface area contributed by atoms with Crippen molar-refractivity contribution in [1.82, 2.24) is 5.32 Å². The summed E-state index contributed by atoms with van der Waals surface area (Å²) in [5.41, 5.74) is 2.81. The Kier molecular flexibility index (Phi) is 6.06. The zero-order chi connectivity index (χ0) is 12.7. The lowest BCUT2D eigenvalue weighted by Gasteiger charge is -2.27. The molecule has 0 spiro atoms. The first kappa shape index (κ1) is 14.0. The summed E-state index contributed by atoms with van der Waals surface area (Å²) in [6.45, 7) is 12.0. The van der Waals surface area contributed by atoms with E-state index in [9.17, 15) is 0 Å². The predicted molar refractivity (Wildman–Crippen MR) is 76.7 cm³/mol. The molecule has 0 aromatic heterocycles. The van der Waals surface area contributed by atoms with Crippen molar-refractivity contribution in [2.75, 3.05) is 24.5 Å². The quantitative estimate of drug-likeness (QED) is 0.775. The summed E-state index contributed by atoms with van der Waals surface area (Å²) in [7, 11) is 0. The van der Waals surface area contributed by atoms with Gasteiger partial charge in [-0.2, -0.15) is 0 Å². The van der Waals surface area contributed by atoms with Gasteiger partial charge in [-0.25, -0.2) is 0 Å². The fourth-order valence-electron chi connectivity index (χ4n) is 2.36. The van der Waals surface area contributed by atoms with E-state index >= 15 is 0 Å². The van der Waals surface area contributed by atoms with Crippen molar-refractivity contribution in [3.63, 3.8) is 0 Å². The van der Waals surface area contributed by atoms with E-state index in [1.165, 1.54) is 11.3 Å². The summed E-state index contributed by atoms with van der Waals surface area (Å²) in [5, 5.41) is 3.57. The van der Waals surface area contributed by atoms with Gasteiger partial charge in [0.2, 0.25) is 0 Å².